The predicted octanol–water partition coefficient (Wildman–Crippen LogP) is 2.43. The van der Waals surface area contributed by atoms with Gasteiger partial charge < -0.3 is 15.2 Å². The average molecular weight is 319 g/mol. The summed E-state index contributed by atoms with van der Waals surface area (Å²) < 4.78 is 19.5. The van der Waals surface area contributed by atoms with Crippen molar-refractivity contribution < 1.29 is 19.0 Å². The fourth-order valence-electron chi connectivity index (χ4n) is 2.38. The fraction of sp³-hybridized carbons (Fsp3) is 0.500. The van der Waals surface area contributed by atoms with E-state index in [1.54, 1.807) is 19.1 Å². The van der Waals surface area contributed by atoms with Crippen molar-refractivity contribution in [2.75, 3.05) is 13.1 Å². The van der Waals surface area contributed by atoms with E-state index in [-0.39, 0.29) is 37.4 Å². The van der Waals surface area contributed by atoms with E-state index in [4.69, 9.17) is 4.74 Å². The largest absolute Gasteiger partial charge is 0.508 e. The zero-order chi connectivity index (χ0) is 14.8. The van der Waals surface area contributed by atoms with Gasteiger partial charge in [-0.3, -0.25) is 4.90 Å². The Morgan fingerprint density at radius 3 is 2.95 bits per heavy atom. The third kappa shape index (κ3) is 4.22. The number of carbonyl (C=O) groups excluding carboxylic acids is 1. The van der Waals surface area contributed by atoms with Crippen molar-refractivity contribution in [1.82, 2.24) is 10.2 Å². The predicted molar refractivity (Wildman–Crippen MR) is 79.2 cm³/mol. The number of aromatic hydroxyl groups is 1. The molecule has 1 aromatic rings. The number of ether oxygens (including phenoxy) is 1. The Labute approximate surface area is 129 Å². The number of rotatable bonds is 2. The molecule has 1 aliphatic heterocycles. The third-order valence-electron chi connectivity index (χ3n) is 3.30. The van der Waals surface area contributed by atoms with Gasteiger partial charge in [0, 0.05) is 19.1 Å². The molecule has 0 aromatic heterocycles. The lowest BCUT2D eigenvalue weighted by Gasteiger charge is -2.42. The van der Waals surface area contributed by atoms with Gasteiger partial charge in [0.05, 0.1) is 0 Å². The molecule has 1 amide bonds. The van der Waals surface area contributed by atoms with Gasteiger partial charge in [-0.15, -0.1) is 12.4 Å². The minimum Gasteiger partial charge on any atom is -0.508 e. The lowest BCUT2D eigenvalue weighted by molar-refractivity contribution is -0.0565. The highest BCUT2D eigenvalue weighted by Gasteiger charge is 2.42. The van der Waals surface area contributed by atoms with E-state index in [1.165, 1.54) is 19.1 Å². The van der Waals surface area contributed by atoms with Crippen molar-refractivity contribution in [3.8, 4) is 5.75 Å². The van der Waals surface area contributed by atoms with Crippen molar-refractivity contribution in [3.63, 3.8) is 0 Å². The molecule has 1 saturated heterocycles. The Balaban J connectivity index is 0.00000220. The summed E-state index contributed by atoms with van der Waals surface area (Å²) in [6.45, 7) is 3.73. The fourth-order valence-corrected chi connectivity index (χ4v) is 2.38. The summed E-state index contributed by atoms with van der Waals surface area (Å²) >= 11 is 0. The Morgan fingerprint density at radius 1 is 1.62 bits per heavy atom. The standard InChI is InChI=1S/C14H19FN2O3.ClH/c1-10-7-16-9-14(2,15)17(10)13(19)20-8-11-4-3-5-12(18)6-11;/h3-6,10,16,18H,7-9H2,1-2H3;1H. The first-order valence-corrected chi connectivity index (χ1v) is 6.54. The molecule has 2 unspecified atom stereocenters. The molecule has 1 aromatic carbocycles. The number of piperazine rings is 1. The number of halogens is 2. The van der Waals surface area contributed by atoms with Crippen LogP contribution in [0.2, 0.25) is 0 Å². The Morgan fingerprint density at radius 2 is 2.33 bits per heavy atom. The summed E-state index contributed by atoms with van der Waals surface area (Å²) in [5, 5.41) is 12.3. The summed E-state index contributed by atoms with van der Waals surface area (Å²) in [5.74, 6) is -1.67. The van der Waals surface area contributed by atoms with Gasteiger partial charge in [-0.2, -0.15) is 0 Å². The van der Waals surface area contributed by atoms with Crippen LogP contribution >= 0.6 is 12.4 Å². The van der Waals surface area contributed by atoms with Gasteiger partial charge in [-0.05, 0) is 31.5 Å². The van der Waals surface area contributed by atoms with Crippen molar-refractivity contribution in [2.45, 2.75) is 32.3 Å². The number of benzene rings is 1. The summed E-state index contributed by atoms with van der Waals surface area (Å²) in [6.07, 6.45) is -0.688. The number of nitrogens with one attached hydrogen (secondary N) is 1. The summed E-state index contributed by atoms with van der Waals surface area (Å²) in [6, 6.07) is 6.13. The molecule has 0 saturated carbocycles. The van der Waals surface area contributed by atoms with Gasteiger partial charge in [-0.25, -0.2) is 9.18 Å². The molecule has 0 bridgehead atoms. The molecule has 1 aliphatic rings. The van der Waals surface area contributed by atoms with Crippen LogP contribution in [0.3, 0.4) is 0 Å². The number of hydrogen-bond donors (Lipinski definition) is 2. The number of phenols is 1. The monoisotopic (exact) mass is 318 g/mol. The third-order valence-corrected chi connectivity index (χ3v) is 3.30. The van der Waals surface area contributed by atoms with E-state index in [0.29, 0.717) is 12.1 Å². The second kappa shape index (κ2) is 6.95. The molecule has 0 aliphatic carbocycles. The van der Waals surface area contributed by atoms with Crippen molar-refractivity contribution in [3.05, 3.63) is 29.8 Å². The molecule has 1 heterocycles. The smallest absolute Gasteiger partial charge is 0.412 e. The molecule has 21 heavy (non-hydrogen) atoms. The molecular weight excluding hydrogens is 299 g/mol. The minimum absolute atomic E-state index is 0. The highest BCUT2D eigenvalue weighted by molar-refractivity contribution is 5.85. The Bertz CT molecular complexity index is 499. The summed E-state index contributed by atoms with van der Waals surface area (Å²) in [4.78, 5) is 13.2. The summed E-state index contributed by atoms with van der Waals surface area (Å²) in [5.41, 5.74) is 0.654. The molecular formula is C14H20ClFN2O3. The average Bonchev–Trinajstić information content (AvgIpc) is 2.35. The van der Waals surface area contributed by atoms with Gasteiger partial charge in [0.1, 0.15) is 12.4 Å². The Hall–Kier alpha value is -1.53. The van der Waals surface area contributed by atoms with E-state index in [9.17, 15) is 14.3 Å². The lowest BCUT2D eigenvalue weighted by atomic mass is 10.1. The van der Waals surface area contributed by atoms with Crippen LogP contribution in [-0.4, -0.2) is 41.0 Å². The number of nitrogens with zero attached hydrogens (tertiary/aromatic N) is 1. The number of amides is 1. The molecule has 5 nitrogen and oxygen atoms in total. The van der Waals surface area contributed by atoms with Gasteiger partial charge in [0.2, 0.25) is 0 Å². The van der Waals surface area contributed by atoms with E-state index in [0.717, 1.165) is 4.90 Å². The maximum atomic E-state index is 14.3. The van der Waals surface area contributed by atoms with Crippen LogP contribution < -0.4 is 5.32 Å². The molecule has 0 spiro atoms. The van der Waals surface area contributed by atoms with Crippen molar-refractivity contribution in [2.24, 2.45) is 0 Å². The molecule has 1 fully saturated rings. The van der Waals surface area contributed by atoms with Crippen molar-refractivity contribution >= 4 is 18.5 Å². The minimum atomic E-state index is -1.77. The van der Waals surface area contributed by atoms with E-state index in [2.05, 4.69) is 5.32 Å². The van der Waals surface area contributed by atoms with Crippen LogP contribution in [0.1, 0.15) is 19.4 Å². The number of alkyl halides is 1. The van der Waals surface area contributed by atoms with Gasteiger partial charge in [-0.1, -0.05) is 12.1 Å². The highest BCUT2D eigenvalue weighted by Crippen LogP contribution is 2.24. The second-order valence-corrected chi connectivity index (χ2v) is 5.22. The molecule has 2 N–H and O–H groups in total. The van der Waals surface area contributed by atoms with E-state index < -0.39 is 11.9 Å². The van der Waals surface area contributed by atoms with Crippen LogP contribution in [0.4, 0.5) is 9.18 Å². The molecule has 2 rings (SSSR count). The topological polar surface area (TPSA) is 61.8 Å². The van der Waals surface area contributed by atoms with Crippen LogP contribution in [0, 0.1) is 0 Å². The van der Waals surface area contributed by atoms with Crippen LogP contribution in [0.15, 0.2) is 24.3 Å². The van der Waals surface area contributed by atoms with Gasteiger partial charge >= 0.3 is 6.09 Å². The van der Waals surface area contributed by atoms with Crippen molar-refractivity contribution in [1.29, 1.82) is 0 Å². The number of hydrogen-bond acceptors (Lipinski definition) is 4. The van der Waals surface area contributed by atoms with Crippen LogP contribution in [-0.2, 0) is 11.3 Å². The molecule has 118 valence electrons. The molecule has 0 radical (unpaired) electrons. The maximum Gasteiger partial charge on any atom is 0.412 e. The normalized spacial score (nSPS) is 25.1. The first-order chi connectivity index (χ1) is 9.40. The highest BCUT2D eigenvalue weighted by atomic mass is 35.5. The number of carbonyl (C=O) groups is 1. The molecule has 2 atom stereocenters. The van der Waals surface area contributed by atoms with Gasteiger partial charge in [0.15, 0.2) is 5.79 Å². The summed E-state index contributed by atoms with van der Waals surface area (Å²) in [7, 11) is 0. The van der Waals surface area contributed by atoms with E-state index in [1.807, 2.05) is 0 Å². The van der Waals surface area contributed by atoms with Crippen LogP contribution in [0.25, 0.3) is 0 Å². The van der Waals surface area contributed by atoms with E-state index >= 15 is 0 Å². The SMILES string of the molecule is CC1CNCC(C)(F)N1C(=O)OCc1cccc(O)c1.Cl. The first-order valence-electron chi connectivity index (χ1n) is 6.54. The second-order valence-electron chi connectivity index (χ2n) is 5.22. The van der Waals surface area contributed by atoms with Gasteiger partial charge in [0.25, 0.3) is 0 Å². The zero-order valence-electron chi connectivity index (χ0n) is 12.0. The lowest BCUT2D eigenvalue weighted by Crippen LogP contribution is -2.63. The first kappa shape index (κ1) is 17.5. The molecule has 7 heteroatoms. The zero-order valence-corrected chi connectivity index (χ0v) is 12.8. The Kier molecular flexibility index (Phi) is 5.80. The number of phenolic OH excluding ortho intramolecular Hbond substituents is 1. The van der Waals surface area contributed by atoms with Crippen LogP contribution in [0.5, 0.6) is 5.75 Å². The quantitative estimate of drug-likeness (QED) is 0.822. The maximum absolute atomic E-state index is 14.3.